The summed E-state index contributed by atoms with van der Waals surface area (Å²) in [5.74, 6) is -1.49. The first-order chi connectivity index (χ1) is 11.4. The normalized spacial score (nSPS) is 18.4. The molecule has 1 saturated heterocycles. The van der Waals surface area contributed by atoms with Crippen LogP contribution in [-0.2, 0) is 19.1 Å². The second kappa shape index (κ2) is 8.13. The van der Waals surface area contributed by atoms with E-state index in [1.54, 1.807) is 20.8 Å². The number of ketones is 1. The van der Waals surface area contributed by atoms with Crippen molar-refractivity contribution in [2.24, 2.45) is 5.73 Å². The van der Waals surface area contributed by atoms with Crippen LogP contribution in [0.4, 0.5) is 4.79 Å². The first kappa shape index (κ1) is 20.7. The fourth-order valence-electron chi connectivity index (χ4n) is 2.54. The largest absolute Gasteiger partial charge is 0.444 e. The summed E-state index contributed by atoms with van der Waals surface area (Å²) in [5.41, 5.74) is 4.86. The molecule has 3 amide bonds. The summed E-state index contributed by atoms with van der Waals surface area (Å²) >= 11 is 0. The van der Waals surface area contributed by atoms with Gasteiger partial charge in [-0.25, -0.2) is 4.79 Å². The number of allylic oxidation sites excluding steroid dienone is 1. The molecule has 8 nitrogen and oxygen atoms in total. The lowest BCUT2D eigenvalue weighted by Crippen LogP contribution is -2.54. The summed E-state index contributed by atoms with van der Waals surface area (Å²) in [6.45, 7) is 10.5. The number of ether oxygens (including phenoxy) is 1. The van der Waals surface area contributed by atoms with Crippen molar-refractivity contribution < 1.29 is 23.9 Å². The molecule has 1 rings (SSSR count). The average Bonchev–Trinajstić information content (AvgIpc) is 2.92. The second-order valence-corrected chi connectivity index (χ2v) is 7.20. The van der Waals surface area contributed by atoms with Crippen LogP contribution in [-0.4, -0.2) is 52.8 Å². The number of nitrogens with one attached hydrogen (secondary N) is 1. The van der Waals surface area contributed by atoms with Gasteiger partial charge in [-0.05, 0) is 46.1 Å². The Labute approximate surface area is 147 Å². The van der Waals surface area contributed by atoms with E-state index in [1.807, 2.05) is 0 Å². The van der Waals surface area contributed by atoms with E-state index in [1.165, 1.54) is 11.8 Å². The first-order valence-corrected chi connectivity index (χ1v) is 8.20. The van der Waals surface area contributed by atoms with E-state index in [-0.39, 0.29) is 17.8 Å². The topological polar surface area (TPSA) is 119 Å². The summed E-state index contributed by atoms with van der Waals surface area (Å²) in [4.78, 5) is 49.6. The average molecular weight is 353 g/mol. The third kappa shape index (κ3) is 6.21. The highest BCUT2D eigenvalue weighted by molar-refractivity contribution is 6.00. The fourth-order valence-corrected chi connectivity index (χ4v) is 2.54. The summed E-state index contributed by atoms with van der Waals surface area (Å²) in [5, 5.41) is 2.43. The fraction of sp³-hybridized carbons (Fsp3) is 0.647. The molecule has 1 aliphatic rings. The van der Waals surface area contributed by atoms with E-state index >= 15 is 0 Å². The zero-order valence-electron chi connectivity index (χ0n) is 15.3. The highest BCUT2D eigenvalue weighted by Gasteiger charge is 2.37. The molecule has 0 spiro atoms. The van der Waals surface area contributed by atoms with Crippen molar-refractivity contribution in [3.05, 3.63) is 12.2 Å². The first-order valence-electron chi connectivity index (χ1n) is 8.20. The van der Waals surface area contributed by atoms with Crippen LogP contribution in [0, 0.1) is 0 Å². The second-order valence-electron chi connectivity index (χ2n) is 7.20. The molecule has 25 heavy (non-hydrogen) atoms. The Hall–Kier alpha value is -2.38. The number of primary amides is 1. The van der Waals surface area contributed by atoms with Gasteiger partial charge in [-0.3, -0.25) is 14.4 Å². The molecular formula is C17H27N3O5. The molecule has 0 bridgehead atoms. The van der Waals surface area contributed by atoms with Crippen LogP contribution in [0.25, 0.3) is 0 Å². The van der Waals surface area contributed by atoms with Gasteiger partial charge < -0.3 is 20.7 Å². The number of carbonyl (C=O) groups excluding carboxylic acids is 4. The van der Waals surface area contributed by atoms with Crippen LogP contribution in [0.5, 0.6) is 0 Å². The predicted octanol–water partition coefficient (Wildman–Crippen LogP) is 0.891. The van der Waals surface area contributed by atoms with Gasteiger partial charge in [0.25, 0.3) is 0 Å². The van der Waals surface area contributed by atoms with Gasteiger partial charge in [0.15, 0.2) is 5.78 Å². The van der Waals surface area contributed by atoms with E-state index < -0.39 is 35.6 Å². The van der Waals surface area contributed by atoms with Crippen molar-refractivity contribution in [1.82, 2.24) is 10.2 Å². The maximum absolute atomic E-state index is 12.8. The molecule has 140 valence electrons. The number of hydrogen-bond acceptors (Lipinski definition) is 5. The van der Waals surface area contributed by atoms with E-state index in [0.29, 0.717) is 19.4 Å². The predicted molar refractivity (Wildman–Crippen MR) is 91.5 cm³/mol. The van der Waals surface area contributed by atoms with Gasteiger partial charge in [0.2, 0.25) is 11.8 Å². The number of Topliss-reactive ketones (excluding diaryl/α,β-unsaturated/α-hetero) is 1. The highest BCUT2D eigenvalue weighted by atomic mass is 16.6. The Kier molecular flexibility index (Phi) is 6.72. The molecule has 0 radical (unpaired) electrons. The minimum absolute atomic E-state index is 0.255. The van der Waals surface area contributed by atoms with Crippen molar-refractivity contribution in [2.45, 2.75) is 64.6 Å². The number of likely N-dealkylation sites (tertiary alicyclic amines) is 1. The summed E-state index contributed by atoms with van der Waals surface area (Å²) in [7, 11) is 0. The molecule has 2 atom stereocenters. The van der Waals surface area contributed by atoms with Crippen molar-refractivity contribution >= 4 is 23.7 Å². The minimum Gasteiger partial charge on any atom is -0.444 e. The number of nitrogens with zero attached hydrogens (tertiary/aromatic N) is 1. The molecule has 0 aliphatic carbocycles. The Balaban J connectivity index is 2.95. The summed E-state index contributed by atoms with van der Waals surface area (Å²) < 4.78 is 5.15. The molecule has 1 heterocycles. The molecule has 8 heteroatoms. The van der Waals surface area contributed by atoms with Crippen molar-refractivity contribution in [2.75, 3.05) is 6.54 Å². The van der Waals surface area contributed by atoms with Gasteiger partial charge in [-0.2, -0.15) is 0 Å². The standard InChI is InChI=1S/C17H27N3O5/c1-10(2)13(21)9-11(19-16(24)25-17(3,4)5)15(23)20-8-6-7-12(20)14(18)22/h11-12H,1,6-9H2,2-5H3,(H2,18,22)(H,19,24). The monoisotopic (exact) mass is 353 g/mol. The smallest absolute Gasteiger partial charge is 0.408 e. The third-order valence-electron chi connectivity index (χ3n) is 3.72. The molecule has 1 fully saturated rings. The molecule has 1 aliphatic heterocycles. The number of alkyl carbamates (subject to hydrolysis) is 1. The van der Waals surface area contributed by atoms with Crippen LogP contribution in [0.1, 0.15) is 47.0 Å². The highest BCUT2D eigenvalue weighted by Crippen LogP contribution is 2.19. The lowest BCUT2D eigenvalue weighted by atomic mass is 10.0. The van der Waals surface area contributed by atoms with Crippen molar-refractivity contribution in [3.63, 3.8) is 0 Å². The molecular weight excluding hydrogens is 326 g/mol. The molecule has 0 aromatic carbocycles. The van der Waals surface area contributed by atoms with Crippen molar-refractivity contribution in [1.29, 1.82) is 0 Å². The Morgan fingerprint density at radius 1 is 1.32 bits per heavy atom. The SMILES string of the molecule is C=C(C)C(=O)CC(NC(=O)OC(C)(C)C)C(=O)N1CCCC1C(N)=O. The van der Waals surface area contributed by atoms with Crippen LogP contribution in [0.15, 0.2) is 12.2 Å². The molecule has 0 aromatic rings. The zero-order chi connectivity index (χ0) is 19.4. The summed E-state index contributed by atoms with van der Waals surface area (Å²) in [6, 6.07) is -1.87. The van der Waals surface area contributed by atoms with Gasteiger partial charge in [0.05, 0.1) is 0 Å². The lowest BCUT2D eigenvalue weighted by molar-refractivity contribution is -0.139. The van der Waals surface area contributed by atoms with Crippen molar-refractivity contribution in [3.8, 4) is 0 Å². The number of rotatable bonds is 6. The van der Waals surface area contributed by atoms with Gasteiger partial charge in [-0.15, -0.1) is 0 Å². The van der Waals surface area contributed by atoms with Gasteiger partial charge in [0, 0.05) is 13.0 Å². The maximum atomic E-state index is 12.8. The van der Waals surface area contributed by atoms with Crippen LogP contribution < -0.4 is 11.1 Å². The van der Waals surface area contributed by atoms with E-state index in [9.17, 15) is 19.2 Å². The molecule has 0 saturated carbocycles. The lowest BCUT2D eigenvalue weighted by Gasteiger charge is -2.28. The van der Waals surface area contributed by atoms with Gasteiger partial charge >= 0.3 is 6.09 Å². The van der Waals surface area contributed by atoms with Gasteiger partial charge in [0.1, 0.15) is 17.7 Å². The molecule has 3 N–H and O–H groups in total. The summed E-state index contributed by atoms with van der Waals surface area (Å²) in [6.07, 6.45) is 0.0342. The van der Waals surface area contributed by atoms with E-state index in [2.05, 4.69) is 11.9 Å². The minimum atomic E-state index is -1.14. The molecule has 2 unspecified atom stereocenters. The van der Waals surface area contributed by atoms with Crippen LogP contribution in [0.3, 0.4) is 0 Å². The van der Waals surface area contributed by atoms with Crippen LogP contribution >= 0.6 is 0 Å². The molecule has 0 aromatic heterocycles. The maximum Gasteiger partial charge on any atom is 0.408 e. The number of carbonyl (C=O) groups is 4. The van der Waals surface area contributed by atoms with Crippen LogP contribution in [0.2, 0.25) is 0 Å². The third-order valence-corrected chi connectivity index (χ3v) is 3.72. The number of amides is 3. The van der Waals surface area contributed by atoms with E-state index in [0.717, 1.165) is 0 Å². The number of nitrogens with two attached hydrogens (primary N) is 1. The Morgan fingerprint density at radius 3 is 2.40 bits per heavy atom. The number of hydrogen-bond donors (Lipinski definition) is 2. The quantitative estimate of drug-likeness (QED) is 0.687. The van der Waals surface area contributed by atoms with E-state index in [4.69, 9.17) is 10.5 Å². The zero-order valence-corrected chi connectivity index (χ0v) is 15.3. The van der Waals surface area contributed by atoms with Gasteiger partial charge in [-0.1, -0.05) is 6.58 Å². The Morgan fingerprint density at radius 2 is 1.92 bits per heavy atom. The Bertz CT molecular complexity index is 579.